The highest BCUT2D eigenvalue weighted by Gasteiger charge is 2.37. The Morgan fingerprint density at radius 1 is 1.03 bits per heavy atom. The molecule has 1 saturated carbocycles. The van der Waals surface area contributed by atoms with Crippen LogP contribution in [0.1, 0.15) is 24.8 Å². The number of H-pyrrole nitrogens is 1. The monoisotopic (exact) mass is 532 g/mol. The summed E-state index contributed by atoms with van der Waals surface area (Å²) in [7, 11) is 0. The number of hydrogen-bond donors (Lipinski definition) is 2. The number of nitrogens with zero attached hydrogens (tertiary/aromatic N) is 1. The van der Waals surface area contributed by atoms with Gasteiger partial charge in [0.1, 0.15) is 22.1 Å². The molecule has 0 aliphatic heterocycles. The first-order valence-electron chi connectivity index (χ1n) is 11.6. The molecule has 11 heteroatoms. The van der Waals surface area contributed by atoms with E-state index < -0.39 is 17.6 Å². The molecule has 0 spiro atoms. The number of halogens is 3. The van der Waals surface area contributed by atoms with Crippen molar-refractivity contribution in [2.45, 2.75) is 39.1 Å². The van der Waals surface area contributed by atoms with Crippen LogP contribution in [0, 0.1) is 12.3 Å². The number of aliphatic hydroxyl groups is 1. The van der Waals surface area contributed by atoms with E-state index in [1.807, 2.05) is 19.1 Å². The lowest BCUT2D eigenvalue weighted by molar-refractivity contribution is -0.274. The fourth-order valence-corrected chi connectivity index (χ4v) is 5.90. The summed E-state index contributed by atoms with van der Waals surface area (Å²) >= 11 is 1.35. The Morgan fingerprint density at radius 3 is 2.16 bits per heavy atom. The maximum atomic E-state index is 12.7. The molecule has 1 aliphatic carbocycles. The van der Waals surface area contributed by atoms with Crippen LogP contribution in [-0.4, -0.2) is 27.6 Å². The van der Waals surface area contributed by atoms with Gasteiger partial charge >= 0.3 is 12.1 Å². The number of thiophene rings is 1. The molecule has 2 aromatic carbocycles. The molecule has 0 amide bonds. The van der Waals surface area contributed by atoms with E-state index in [0.29, 0.717) is 28.3 Å². The molecule has 1 fully saturated rings. The van der Waals surface area contributed by atoms with E-state index in [-0.39, 0.29) is 17.8 Å². The molecule has 0 saturated heterocycles. The van der Waals surface area contributed by atoms with Crippen LogP contribution in [0.4, 0.5) is 13.2 Å². The highest BCUT2D eigenvalue weighted by molar-refractivity contribution is 7.22. The number of alkyl halides is 3. The Kier molecular flexibility index (Phi) is 6.36. The second kappa shape index (κ2) is 9.38. The Bertz CT molecular complexity index is 1540. The third-order valence-corrected chi connectivity index (χ3v) is 8.08. The molecule has 0 unspecified atom stereocenters. The van der Waals surface area contributed by atoms with Gasteiger partial charge in [-0.25, -0.2) is 4.79 Å². The van der Waals surface area contributed by atoms with Crippen LogP contribution < -0.4 is 20.7 Å². The summed E-state index contributed by atoms with van der Waals surface area (Å²) in [5.41, 5.74) is 0.291. The van der Waals surface area contributed by atoms with Crippen molar-refractivity contribution in [1.82, 2.24) is 9.55 Å². The molecule has 0 atom stereocenters. The number of ether oxygens (including phenoxy) is 2. The molecule has 2 aromatic heterocycles. The van der Waals surface area contributed by atoms with Crippen molar-refractivity contribution in [2.24, 2.45) is 5.41 Å². The largest absolute Gasteiger partial charge is 0.573 e. The van der Waals surface area contributed by atoms with Gasteiger partial charge < -0.3 is 14.6 Å². The summed E-state index contributed by atoms with van der Waals surface area (Å²) in [6, 6.07) is 12.1. The van der Waals surface area contributed by atoms with Crippen LogP contribution in [0.25, 0.3) is 20.7 Å². The van der Waals surface area contributed by atoms with E-state index in [1.165, 1.54) is 35.6 Å². The van der Waals surface area contributed by atoms with Crippen molar-refractivity contribution in [3.8, 4) is 27.7 Å². The Balaban J connectivity index is 1.42. The van der Waals surface area contributed by atoms with Crippen molar-refractivity contribution in [1.29, 1.82) is 0 Å². The standard InChI is InChI=1S/C26H23F3N2O5S/c1-15-20-22(33)30-24(34)31(13-25(14-32)11-2-12-25)23(20)37-21(15)16-3-5-17(6-4-16)35-18-7-9-19(10-8-18)36-26(27,28)29/h3-10,32H,2,11-14H2,1H3,(H,30,33,34). The Labute approximate surface area is 212 Å². The van der Waals surface area contributed by atoms with E-state index in [0.717, 1.165) is 35.3 Å². The summed E-state index contributed by atoms with van der Waals surface area (Å²) in [6.07, 6.45) is -2.11. The number of aromatic amines is 1. The van der Waals surface area contributed by atoms with Crippen molar-refractivity contribution < 1.29 is 27.8 Å². The summed E-state index contributed by atoms with van der Waals surface area (Å²) in [5, 5.41) is 10.3. The fourth-order valence-electron chi connectivity index (χ4n) is 4.59. The summed E-state index contributed by atoms with van der Waals surface area (Å²) in [6.45, 7) is 2.16. The maximum Gasteiger partial charge on any atom is 0.573 e. The minimum Gasteiger partial charge on any atom is -0.457 e. The quantitative estimate of drug-likeness (QED) is 0.324. The SMILES string of the molecule is Cc1c(-c2ccc(Oc3ccc(OC(F)(F)F)cc3)cc2)sc2c1c(=O)[nH]c(=O)n2CC1(CO)CCC1. The van der Waals surface area contributed by atoms with E-state index in [4.69, 9.17) is 4.74 Å². The number of fused-ring (bicyclic) bond motifs is 1. The first-order chi connectivity index (χ1) is 17.6. The lowest BCUT2D eigenvalue weighted by atomic mass is 9.69. The smallest absolute Gasteiger partial charge is 0.457 e. The summed E-state index contributed by atoms with van der Waals surface area (Å²) in [4.78, 5) is 29.2. The van der Waals surface area contributed by atoms with Crippen molar-refractivity contribution in [3.05, 3.63) is 74.9 Å². The van der Waals surface area contributed by atoms with E-state index in [9.17, 15) is 27.9 Å². The van der Waals surface area contributed by atoms with Gasteiger partial charge in [0.25, 0.3) is 5.56 Å². The molecule has 2 heterocycles. The fraction of sp³-hybridized carbons (Fsp3) is 0.308. The number of rotatable bonds is 7. The molecule has 0 bridgehead atoms. The van der Waals surface area contributed by atoms with Crippen LogP contribution in [0.15, 0.2) is 58.1 Å². The number of nitrogens with one attached hydrogen (secondary N) is 1. The molecule has 5 rings (SSSR count). The van der Waals surface area contributed by atoms with Gasteiger partial charge in [0.15, 0.2) is 0 Å². The third kappa shape index (κ3) is 5.01. The van der Waals surface area contributed by atoms with Crippen molar-refractivity contribution in [3.63, 3.8) is 0 Å². The highest BCUT2D eigenvalue weighted by Crippen LogP contribution is 2.43. The molecular weight excluding hydrogens is 509 g/mol. The minimum atomic E-state index is -4.76. The number of benzene rings is 2. The van der Waals surface area contributed by atoms with Crippen LogP contribution in [0.5, 0.6) is 17.2 Å². The lowest BCUT2D eigenvalue weighted by Gasteiger charge is -2.40. The van der Waals surface area contributed by atoms with Crippen LogP contribution in [-0.2, 0) is 6.54 Å². The Morgan fingerprint density at radius 2 is 1.62 bits per heavy atom. The van der Waals surface area contributed by atoms with Gasteiger partial charge in [0.2, 0.25) is 0 Å². The third-order valence-electron chi connectivity index (χ3n) is 6.72. The molecule has 194 valence electrons. The molecule has 4 aromatic rings. The van der Waals surface area contributed by atoms with Gasteiger partial charge in [-0.2, -0.15) is 0 Å². The predicted octanol–water partition coefficient (Wildman–Crippen LogP) is 5.58. The van der Waals surface area contributed by atoms with Crippen LogP contribution in [0.2, 0.25) is 0 Å². The molecule has 1 aliphatic rings. The number of hydrogen-bond acceptors (Lipinski definition) is 6. The summed E-state index contributed by atoms with van der Waals surface area (Å²) < 4.78 is 48.2. The summed E-state index contributed by atoms with van der Waals surface area (Å²) in [5.74, 6) is 0.465. The van der Waals surface area contributed by atoms with Crippen LogP contribution >= 0.6 is 11.3 Å². The average Bonchev–Trinajstić information content (AvgIpc) is 3.16. The van der Waals surface area contributed by atoms with Gasteiger partial charge in [-0.1, -0.05) is 6.42 Å². The second-order valence-corrected chi connectivity index (χ2v) is 10.2. The zero-order valence-electron chi connectivity index (χ0n) is 19.7. The molecule has 2 N–H and O–H groups in total. The number of aromatic nitrogens is 2. The van der Waals surface area contributed by atoms with Crippen molar-refractivity contribution >= 4 is 21.6 Å². The normalized spacial score (nSPS) is 14.9. The maximum absolute atomic E-state index is 12.7. The first kappa shape index (κ1) is 25.1. The van der Waals surface area contributed by atoms with Crippen LogP contribution in [0.3, 0.4) is 0 Å². The van der Waals surface area contributed by atoms with Gasteiger partial charge in [0.05, 0.1) is 12.0 Å². The highest BCUT2D eigenvalue weighted by atomic mass is 32.1. The lowest BCUT2D eigenvalue weighted by Crippen LogP contribution is -2.42. The van der Waals surface area contributed by atoms with Crippen molar-refractivity contribution in [2.75, 3.05) is 6.61 Å². The topological polar surface area (TPSA) is 93.5 Å². The zero-order valence-corrected chi connectivity index (χ0v) is 20.5. The molecular formula is C26H23F3N2O5S. The average molecular weight is 533 g/mol. The Hall–Kier alpha value is -3.57. The van der Waals surface area contributed by atoms with E-state index >= 15 is 0 Å². The van der Waals surface area contributed by atoms with Gasteiger partial charge in [-0.15, -0.1) is 24.5 Å². The first-order valence-corrected chi connectivity index (χ1v) is 12.4. The van der Waals surface area contributed by atoms with Gasteiger partial charge in [-0.05, 0) is 79.4 Å². The van der Waals surface area contributed by atoms with Gasteiger partial charge in [0, 0.05) is 16.8 Å². The number of aryl methyl sites for hydroxylation is 1. The molecule has 7 nitrogen and oxygen atoms in total. The minimum absolute atomic E-state index is 0.0170. The van der Waals surface area contributed by atoms with E-state index in [2.05, 4.69) is 9.72 Å². The zero-order chi connectivity index (χ0) is 26.4. The molecule has 0 radical (unpaired) electrons. The second-order valence-electron chi connectivity index (χ2n) is 9.24. The predicted molar refractivity (Wildman–Crippen MR) is 133 cm³/mol. The van der Waals surface area contributed by atoms with E-state index in [1.54, 1.807) is 16.7 Å². The molecule has 37 heavy (non-hydrogen) atoms. The number of aliphatic hydroxyl groups excluding tert-OH is 1. The van der Waals surface area contributed by atoms with Gasteiger partial charge in [-0.3, -0.25) is 14.3 Å².